The molecule has 0 spiro atoms. The predicted octanol–water partition coefficient (Wildman–Crippen LogP) is 5.94. The van der Waals surface area contributed by atoms with Gasteiger partial charge in [0.1, 0.15) is 0 Å². The van der Waals surface area contributed by atoms with Gasteiger partial charge in [-0.15, -0.1) is 0 Å². The van der Waals surface area contributed by atoms with Crippen LogP contribution < -0.4 is 10.3 Å². The summed E-state index contributed by atoms with van der Waals surface area (Å²) in [7, 11) is 1.87. The monoisotopic (exact) mass is 369 g/mol. The molecule has 23 heavy (non-hydrogen) atoms. The Morgan fingerprint density at radius 3 is 2.35 bits per heavy atom. The number of benzene rings is 2. The highest BCUT2D eigenvalue weighted by Gasteiger charge is 2.11. The first kappa shape index (κ1) is 17.9. The second kappa shape index (κ2) is 7.91. The van der Waals surface area contributed by atoms with Gasteiger partial charge in [0.2, 0.25) is 0 Å². The first-order valence-corrected chi connectivity index (χ1v) is 8.35. The smallest absolute Gasteiger partial charge is 0.0781 e. The molecule has 0 bridgehead atoms. The topological polar surface area (TPSA) is 27.6 Å². The lowest BCUT2D eigenvalue weighted by molar-refractivity contribution is 0.892. The first-order chi connectivity index (χ1) is 11.0. The Morgan fingerprint density at radius 2 is 1.74 bits per heavy atom. The molecule has 1 N–H and O–H groups in total. The molecule has 0 aliphatic rings. The summed E-state index contributed by atoms with van der Waals surface area (Å²) in [6, 6.07) is 11.0. The summed E-state index contributed by atoms with van der Waals surface area (Å²) in [6.07, 6.45) is 0. The van der Waals surface area contributed by atoms with E-state index in [1.165, 1.54) is 0 Å². The van der Waals surface area contributed by atoms with Crippen molar-refractivity contribution in [3.63, 3.8) is 0 Å². The van der Waals surface area contributed by atoms with Crippen LogP contribution in [0.2, 0.25) is 15.1 Å². The molecule has 0 fully saturated rings. The van der Waals surface area contributed by atoms with Gasteiger partial charge in [0.25, 0.3) is 0 Å². The largest absolute Gasteiger partial charge is 0.388 e. The molecule has 0 amide bonds. The molecule has 0 atom stereocenters. The van der Waals surface area contributed by atoms with Crippen molar-refractivity contribution in [1.82, 2.24) is 0 Å². The maximum absolute atomic E-state index is 6.29. The van der Waals surface area contributed by atoms with Gasteiger partial charge in [-0.3, -0.25) is 5.01 Å². The second-order valence-corrected chi connectivity index (χ2v) is 6.22. The summed E-state index contributed by atoms with van der Waals surface area (Å²) in [5.41, 5.74) is 3.56. The van der Waals surface area contributed by atoms with Crippen molar-refractivity contribution in [2.24, 2.45) is 5.10 Å². The Morgan fingerprint density at radius 1 is 1.09 bits per heavy atom. The van der Waals surface area contributed by atoms with Gasteiger partial charge in [-0.1, -0.05) is 34.8 Å². The van der Waals surface area contributed by atoms with E-state index in [0.717, 1.165) is 22.6 Å². The van der Waals surface area contributed by atoms with E-state index in [9.17, 15) is 0 Å². The van der Waals surface area contributed by atoms with Crippen molar-refractivity contribution >= 4 is 51.9 Å². The first-order valence-electron chi connectivity index (χ1n) is 7.21. The Hall–Kier alpha value is -1.42. The van der Waals surface area contributed by atoms with Crippen LogP contribution in [0.4, 0.5) is 11.4 Å². The minimum atomic E-state index is 0.566. The van der Waals surface area contributed by atoms with Crippen molar-refractivity contribution in [1.29, 1.82) is 0 Å². The normalized spacial score (nSPS) is 11.5. The van der Waals surface area contributed by atoms with Crippen molar-refractivity contribution in [3.8, 4) is 0 Å². The van der Waals surface area contributed by atoms with Gasteiger partial charge >= 0.3 is 0 Å². The van der Waals surface area contributed by atoms with E-state index < -0.39 is 0 Å². The van der Waals surface area contributed by atoms with Crippen LogP contribution in [-0.2, 0) is 0 Å². The van der Waals surface area contributed by atoms with E-state index >= 15 is 0 Å². The lowest BCUT2D eigenvalue weighted by atomic mass is 10.1. The highest BCUT2D eigenvalue weighted by Crippen LogP contribution is 2.29. The van der Waals surface area contributed by atoms with Gasteiger partial charge in [0.05, 0.1) is 16.4 Å². The van der Waals surface area contributed by atoms with E-state index in [0.29, 0.717) is 21.6 Å². The van der Waals surface area contributed by atoms with Crippen LogP contribution in [-0.4, -0.2) is 19.3 Å². The van der Waals surface area contributed by atoms with E-state index in [1.807, 2.05) is 50.2 Å². The maximum Gasteiger partial charge on any atom is 0.0781 e. The lowest BCUT2D eigenvalue weighted by Gasteiger charge is -2.20. The van der Waals surface area contributed by atoms with Gasteiger partial charge in [0, 0.05) is 34.9 Å². The summed E-state index contributed by atoms with van der Waals surface area (Å²) in [6.45, 7) is 4.63. The number of halogens is 3. The van der Waals surface area contributed by atoms with E-state index in [1.54, 1.807) is 12.1 Å². The maximum atomic E-state index is 6.29. The van der Waals surface area contributed by atoms with Crippen LogP contribution in [0.1, 0.15) is 19.4 Å². The minimum Gasteiger partial charge on any atom is -0.388 e. The predicted molar refractivity (Wildman–Crippen MR) is 103 cm³/mol. The molecule has 122 valence electrons. The molecule has 0 heterocycles. The Balaban J connectivity index is 2.43. The quantitative estimate of drug-likeness (QED) is 0.521. The van der Waals surface area contributed by atoms with Gasteiger partial charge in [-0.2, -0.15) is 5.10 Å². The fourth-order valence-corrected chi connectivity index (χ4v) is 2.93. The van der Waals surface area contributed by atoms with Gasteiger partial charge in [0.15, 0.2) is 0 Å². The number of hydrogen-bond acceptors (Lipinski definition) is 3. The minimum absolute atomic E-state index is 0.566. The molecule has 0 saturated heterocycles. The van der Waals surface area contributed by atoms with Crippen LogP contribution in [0.3, 0.4) is 0 Å². The van der Waals surface area contributed by atoms with Crippen molar-refractivity contribution in [3.05, 3.63) is 57.0 Å². The fraction of sp³-hybridized carbons (Fsp3) is 0.235. The number of rotatable bonds is 5. The summed E-state index contributed by atoms with van der Waals surface area (Å²) in [5.74, 6) is 0. The third-order valence-corrected chi connectivity index (χ3v) is 4.17. The van der Waals surface area contributed by atoms with Crippen molar-refractivity contribution < 1.29 is 0 Å². The van der Waals surface area contributed by atoms with Gasteiger partial charge in [-0.05, 0) is 50.2 Å². The van der Waals surface area contributed by atoms with Crippen LogP contribution >= 0.6 is 34.8 Å². The van der Waals surface area contributed by atoms with Gasteiger partial charge in [-0.25, -0.2) is 0 Å². The molecule has 0 aromatic heterocycles. The Kier molecular flexibility index (Phi) is 6.17. The number of hydrogen-bond donors (Lipinski definition) is 1. The summed E-state index contributed by atoms with van der Waals surface area (Å²) < 4.78 is 0. The Labute approximate surface area is 151 Å². The molecule has 2 rings (SSSR count). The zero-order valence-corrected chi connectivity index (χ0v) is 15.5. The molecule has 0 aliphatic carbocycles. The zero-order chi connectivity index (χ0) is 17.0. The average Bonchev–Trinajstić information content (AvgIpc) is 2.53. The SMILES string of the molecule is CCN(/N=C(\C)c1cc(Cl)ccc1NC)c1ccc(Cl)cc1Cl. The highest BCUT2D eigenvalue weighted by molar-refractivity contribution is 6.36. The van der Waals surface area contributed by atoms with Crippen LogP contribution in [0.25, 0.3) is 0 Å². The third kappa shape index (κ3) is 4.31. The molecule has 2 aromatic carbocycles. The molecule has 3 nitrogen and oxygen atoms in total. The van der Waals surface area contributed by atoms with Crippen LogP contribution in [0.15, 0.2) is 41.5 Å². The number of anilines is 2. The molecule has 0 aliphatic heterocycles. The number of hydrazone groups is 1. The fourth-order valence-electron chi connectivity index (χ4n) is 2.25. The van der Waals surface area contributed by atoms with Crippen LogP contribution in [0, 0.1) is 0 Å². The van der Waals surface area contributed by atoms with Crippen molar-refractivity contribution in [2.45, 2.75) is 13.8 Å². The van der Waals surface area contributed by atoms with Gasteiger partial charge < -0.3 is 5.32 Å². The van der Waals surface area contributed by atoms with E-state index in [2.05, 4.69) is 5.32 Å². The molecule has 0 unspecified atom stereocenters. The third-order valence-electron chi connectivity index (χ3n) is 3.40. The summed E-state index contributed by atoms with van der Waals surface area (Å²) in [4.78, 5) is 0. The Bertz CT molecular complexity index is 729. The molecule has 0 radical (unpaired) electrons. The standard InChI is InChI=1S/C17H18Cl3N3/c1-4-23(17-8-6-13(19)10-15(17)20)22-11(2)14-9-12(18)5-7-16(14)21-3/h5-10,21H,4H2,1-3H3/b22-11+. The molecular formula is C17H18Cl3N3. The average molecular weight is 371 g/mol. The summed E-state index contributed by atoms with van der Waals surface area (Å²) in [5, 5.41) is 11.5. The van der Waals surface area contributed by atoms with E-state index in [-0.39, 0.29) is 0 Å². The molecule has 2 aromatic rings. The molecule has 0 saturated carbocycles. The van der Waals surface area contributed by atoms with Crippen LogP contribution in [0.5, 0.6) is 0 Å². The summed E-state index contributed by atoms with van der Waals surface area (Å²) >= 11 is 18.4. The molecular weight excluding hydrogens is 353 g/mol. The van der Waals surface area contributed by atoms with Crippen molar-refractivity contribution in [2.75, 3.05) is 23.9 Å². The number of nitrogens with zero attached hydrogens (tertiary/aromatic N) is 2. The number of nitrogens with one attached hydrogen (secondary N) is 1. The van der Waals surface area contributed by atoms with E-state index in [4.69, 9.17) is 39.9 Å². The zero-order valence-electron chi connectivity index (χ0n) is 13.2. The second-order valence-electron chi connectivity index (χ2n) is 4.94. The highest BCUT2D eigenvalue weighted by atomic mass is 35.5. The lowest BCUT2D eigenvalue weighted by Crippen LogP contribution is -2.18. The molecule has 6 heteroatoms.